The van der Waals surface area contributed by atoms with Crippen LogP contribution >= 0.6 is 11.3 Å². The molecule has 2 aromatic heterocycles. The number of fused-ring (bicyclic) bond motifs is 3. The molecule has 2 bridgehead atoms. The first-order valence-corrected chi connectivity index (χ1v) is 10.6. The standard InChI is InChI=1S/C20H22N6O2S/c1-11-10-21-19(29-11)25-17-15-4-2-3-5-16(15)23-18(24-17)22-12-8-13-6-7-14(9-12)26(13)20(27)28/h2-5,10,12-14H,6-9H2,1H3,(H,27,28)(H2,21,22,23,24,25). The molecule has 8 nitrogen and oxygen atoms in total. The van der Waals surface area contributed by atoms with Crippen molar-refractivity contribution in [2.75, 3.05) is 10.6 Å². The summed E-state index contributed by atoms with van der Waals surface area (Å²) in [7, 11) is 0. The second-order valence-corrected chi connectivity index (χ2v) is 8.94. The van der Waals surface area contributed by atoms with E-state index in [-0.39, 0.29) is 18.1 Å². The lowest BCUT2D eigenvalue weighted by Crippen LogP contribution is -2.49. The first-order valence-electron chi connectivity index (χ1n) is 9.81. The van der Waals surface area contributed by atoms with Crippen LogP contribution in [-0.4, -0.2) is 49.2 Å². The summed E-state index contributed by atoms with van der Waals surface area (Å²) in [6.07, 6.45) is 4.47. The van der Waals surface area contributed by atoms with Crippen molar-refractivity contribution in [2.24, 2.45) is 0 Å². The zero-order valence-corrected chi connectivity index (χ0v) is 16.8. The molecule has 5 rings (SSSR count). The lowest BCUT2D eigenvalue weighted by Gasteiger charge is -2.37. The first kappa shape index (κ1) is 18.1. The van der Waals surface area contributed by atoms with Gasteiger partial charge in [0, 0.05) is 34.6 Å². The van der Waals surface area contributed by atoms with Gasteiger partial charge in [0.1, 0.15) is 5.82 Å². The number of rotatable bonds is 4. The van der Waals surface area contributed by atoms with Crippen molar-refractivity contribution >= 4 is 45.2 Å². The van der Waals surface area contributed by atoms with E-state index in [0.29, 0.717) is 5.95 Å². The minimum absolute atomic E-state index is 0.0834. The number of piperidine rings is 1. The van der Waals surface area contributed by atoms with Gasteiger partial charge in [0.15, 0.2) is 5.13 Å². The Morgan fingerprint density at radius 3 is 2.66 bits per heavy atom. The van der Waals surface area contributed by atoms with E-state index >= 15 is 0 Å². The van der Waals surface area contributed by atoms with Crippen LogP contribution in [0, 0.1) is 6.92 Å². The molecule has 9 heteroatoms. The van der Waals surface area contributed by atoms with Gasteiger partial charge in [-0.1, -0.05) is 12.1 Å². The number of carbonyl (C=O) groups is 1. The molecule has 0 radical (unpaired) electrons. The molecule has 150 valence electrons. The van der Waals surface area contributed by atoms with Gasteiger partial charge >= 0.3 is 6.09 Å². The van der Waals surface area contributed by atoms with Crippen LogP contribution in [-0.2, 0) is 0 Å². The van der Waals surface area contributed by atoms with Crippen LogP contribution < -0.4 is 10.6 Å². The minimum atomic E-state index is -0.803. The zero-order valence-electron chi connectivity index (χ0n) is 16.0. The van der Waals surface area contributed by atoms with Crippen molar-refractivity contribution in [3.63, 3.8) is 0 Å². The number of nitrogens with one attached hydrogen (secondary N) is 2. The van der Waals surface area contributed by atoms with Gasteiger partial charge in [-0.05, 0) is 44.7 Å². The molecule has 3 aromatic rings. The van der Waals surface area contributed by atoms with E-state index in [4.69, 9.17) is 9.97 Å². The topological polar surface area (TPSA) is 103 Å². The Balaban J connectivity index is 1.41. The van der Waals surface area contributed by atoms with Gasteiger partial charge in [-0.25, -0.2) is 14.8 Å². The van der Waals surface area contributed by atoms with Gasteiger partial charge in [-0.15, -0.1) is 11.3 Å². The molecule has 3 N–H and O–H groups in total. The van der Waals surface area contributed by atoms with E-state index in [1.807, 2.05) is 37.4 Å². The number of carboxylic acid groups (broad SMARTS) is 1. The average Bonchev–Trinajstić information content (AvgIpc) is 3.22. The number of hydrogen-bond donors (Lipinski definition) is 3. The molecular weight excluding hydrogens is 388 g/mol. The number of hydrogen-bond acceptors (Lipinski definition) is 7. The molecule has 4 heterocycles. The molecule has 29 heavy (non-hydrogen) atoms. The number of amides is 1. The fourth-order valence-corrected chi connectivity index (χ4v) is 5.20. The van der Waals surface area contributed by atoms with E-state index in [9.17, 15) is 9.90 Å². The van der Waals surface area contributed by atoms with Crippen LogP contribution in [0.15, 0.2) is 30.5 Å². The summed E-state index contributed by atoms with van der Waals surface area (Å²) in [6, 6.07) is 8.22. The number of nitrogens with zero attached hydrogens (tertiary/aromatic N) is 4. The lowest BCUT2D eigenvalue weighted by atomic mass is 9.98. The van der Waals surface area contributed by atoms with Gasteiger partial charge in [0.2, 0.25) is 5.95 Å². The van der Waals surface area contributed by atoms with Crippen molar-refractivity contribution in [3.8, 4) is 0 Å². The van der Waals surface area contributed by atoms with Gasteiger partial charge < -0.3 is 20.6 Å². The molecular formula is C20H22N6O2S. The normalized spacial score (nSPS) is 23.3. The Morgan fingerprint density at radius 1 is 1.21 bits per heavy atom. The molecule has 1 aromatic carbocycles. The fourth-order valence-electron chi connectivity index (χ4n) is 4.54. The molecule has 2 saturated heterocycles. The number of para-hydroxylation sites is 1. The highest BCUT2D eigenvalue weighted by Crippen LogP contribution is 2.37. The highest BCUT2D eigenvalue weighted by atomic mass is 32.1. The van der Waals surface area contributed by atoms with Crippen molar-refractivity contribution in [3.05, 3.63) is 35.3 Å². The molecule has 2 fully saturated rings. The molecule has 0 spiro atoms. The molecule has 0 aliphatic carbocycles. The minimum Gasteiger partial charge on any atom is -0.465 e. The predicted molar refractivity (Wildman–Crippen MR) is 113 cm³/mol. The van der Waals surface area contributed by atoms with E-state index in [1.165, 1.54) is 0 Å². The maximum absolute atomic E-state index is 11.5. The number of aromatic nitrogens is 3. The van der Waals surface area contributed by atoms with Crippen molar-refractivity contribution < 1.29 is 9.90 Å². The third-order valence-electron chi connectivity index (χ3n) is 5.74. The third kappa shape index (κ3) is 3.46. The SMILES string of the molecule is Cc1cnc(Nc2nc(NC3CC4CCC(C3)N4C(=O)O)nc3ccccc23)s1. The van der Waals surface area contributed by atoms with Crippen molar-refractivity contribution in [2.45, 2.75) is 50.7 Å². The quantitative estimate of drug-likeness (QED) is 0.591. The number of thiazole rings is 1. The predicted octanol–water partition coefficient (Wildman–Crippen LogP) is 4.22. The summed E-state index contributed by atoms with van der Waals surface area (Å²) in [5.74, 6) is 1.28. The van der Waals surface area contributed by atoms with E-state index < -0.39 is 6.09 Å². The highest BCUT2D eigenvalue weighted by molar-refractivity contribution is 7.15. The fraction of sp³-hybridized carbons (Fsp3) is 0.400. The maximum atomic E-state index is 11.5. The molecule has 2 atom stereocenters. The number of aryl methyl sites for hydroxylation is 1. The maximum Gasteiger partial charge on any atom is 0.407 e. The van der Waals surface area contributed by atoms with Crippen LogP contribution in [0.5, 0.6) is 0 Å². The Kier molecular flexibility index (Phi) is 4.46. The lowest BCUT2D eigenvalue weighted by molar-refractivity contribution is 0.0993. The number of anilines is 3. The van der Waals surface area contributed by atoms with Crippen LogP contribution in [0.2, 0.25) is 0 Å². The third-order valence-corrected chi connectivity index (χ3v) is 6.57. The van der Waals surface area contributed by atoms with Gasteiger partial charge in [-0.2, -0.15) is 4.98 Å². The molecule has 1 amide bonds. The largest absolute Gasteiger partial charge is 0.465 e. The number of benzene rings is 1. The van der Waals surface area contributed by atoms with E-state index in [2.05, 4.69) is 15.6 Å². The van der Waals surface area contributed by atoms with Gasteiger partial charge in [0.05, 0.1) is 5.52 Å². The van der Waals surface area contributed by atoms with Crippen LogP contribution in [0.4, 0.5) is 21.7 Å². The summed E-state index contributed by atoms with van der Waals surface area (Å²) in [5.41, 5.74) is 0.853. The van der Waals surface area contributed by atoms with Crippen molar-refractivity contribution in [1.82, 2.24) is 19.9 Å². The van der Waals surface area contributed by atoms with Crippen LogP contribution in [0.3, 0.4) is 0 Å². The summed E-state index contributed by atoms with van der Waals surface area (Å²) >= 11 is 1.58. The van der Waals surface area contributed by atoms with Crippen LogP contribution in [0.25, 0.3) is 10.9 Å². The van der Waals surface area contributed by atoms with Gasteiger partial charge in [0.25, 0.3) is 0 Å². The summed E-state index contributed by atoms with van der Waals surface area (Å²) in [5, 5.41) is 18.0. The van der Waals surface area contributed by atoms with Crippen molar-refractivity contribution in [1.29, 1.82) is 0 Å². The molecule has 2 aliphatic heterocycles. The Morgan fingerprint density at radius 2 is 1.97 bits per heavy atom. The monoisotopic (exact) mass is 410 g/mol. The Labute approximate surface area is 172 Å². The summed E-state index contributed by atoms with van der Waals surface area (Å²) in [4.78, 5) is 28.1. The molecule has 0 saturated carbocycles. The second-order valence-electron chi connectivity index (χ2n) is 7.70. The Hall–Kier alpha value is -2.94. The second kappa shape index (κ2) is 7.14. The Bertz CT molecular complexity index is 1060. The average molecular weight is 411 g/mol. The van der Waals surface area contributed by atoms with E-state index in [1.54, 1.807) is 16.2 Å². The first-order chi connectivity index (χ1) is 14.1. The summed E-state index contributed by atoms with van der Waals surface area (Å²) in [6.45, 7) is 2.02. The zero-order chi connectivity index (χ0) is 20.0. The smallest absolute Gasteiger partial charge is 0.407 e. The van der Waals surface area contributed by atoms with E-state index in [0.717, 1.165) is 52.4 Å². The molecule has 2 unspecified atom stereocenters. The highest BCUT2D eigenvalue weighted by Gasteiger charge is 2.43. The van der Waals surface area contributed by atoms with Crippen LogP contribution in [0.1, 0.15) is 30.6 Å². The van der Waals surface area contributed by atoms with Gasteiger partial charge in [-0.3, -0.25) is 0 Å². The molecule has 2 aliphatic rings. The summed E-state index contributed by atoms with van der Waals surface area (Å²) < 4.78 is 0.